The SMILES string of the molecule is CC.CC(C)=CCC/C(C)=C/C[C@@]12OC(C)(C)[C@H](Br)C[C@]1(Cl)C(=O)c1c(O)cc(O)cc1C2=O. The highest BCUT2D eigenvalue weighted by atomic mass is 79.9. The van der Waals surface area contributed by atoms with Crippen molar-refractivity contribution in [2.75, 3.05) is 0 Å². The van der Waals surface area contributed by atoms with Gasteiger partial charge in [-0.3, -0.25) is 9.59 Å². The van der Waals surface area contributed by atoms with Crippen LogP contribution in [0.15, 0.2) is 35.4 Å². The lowest BCUT2D eigenvalue weighted by molar-refractivity contribution is -0.154. The van der Waals surface area contributed by atoms with Gasteiger partial charge in [0.2, 0.25) is 0 Å². The summed E-state index contributed by atoms with van der Waals surface area (Å²) in [6, 6.07) is 2.25. The maximum absolute atomic E-state index is 13.9. The van der Waals surface area contributed by atoms with Crippen LogP contribution in [-0.2, 0) is 4.74 Å². The summed E-state index contributed by atoms with van der Waals surface area (Å²) in [6.07, 6.45) is 6.00. The molecule has 1 aromatic carbocycles. The molecule has 3 rings (SSSR count). The van der Waals surface area contributed by atoms with Crippen LogP contribution in [-0.4, -0.2) is 42.7 Å². The van der Waals surface area contributed by atoms with E-state index >= 15 is 0 Å². The average molecular weight is 556 g/mol. The molecule has 0 unspecified atom stereocenters. The van der Waals surface area contributed by atoms with E-state index in [0.717, 1.165) is 24.5 Å². The molecule has 1 aromatic rings. The van der Waals surface area contributed by atoms with Gasteiger partial charge in [-0.15, -0.1) is 11.6 Å². The number of Topliss-reactive ketones (excluding diaryl/α,β-unsaturated/α-hetero) is 2. The molecule has 3 atom stereocenters. The number of carbonyl (C=O) groups excluding carboxylic acids is 2. The maximum atomic E-state index is 13.9. The molecule has 0 bridgehead atoms. The van der Waals surface area contributed by atoms with Crippen LogP contribution in [0.5, 0.6) is 11.5 Å². The molecule has 1 aliphatic carbocycles. The van der Waals surface area contributed by atoms with E-state index in [1.165, 1.54) is 11.6 Å². The van der Waals surface area contributed by atoms with Crippen molar-refractivity contribution in [2.45, 2.75) is 95.1 Å². The lowest BCUT2D eigenvalue weighted by atomic mass is 9.63. The number of allylic oxidation sites excluding steroid dienone is 3. The number of benzene rings is 1. The highest BCUT2D eigenvalue weighted by Crippen LogP contribution is 2.57. The maximum Gasteiger partial charge on any atom is 0.198 e. The number of aromatic hydroxyl groups is 2. The Hall–Kier alpha value is -1.63. The molecule has 0 radical (unpaired) electrons. The van der Waals surface area contributed by atoms with Crippen LogP contribution < -0.4 is 0 Å². The molecule has 2 aliphatic rings. The van der Waals surface area contributed by atoms with Crippen molar-refractivity contribution in [1.82, 2.24) is 0 Å². The van der Waals surface area contributed by atoms with E-state index in [1.807, 2.05) is 54.5 Å². The van der Waals surface area contributed by atoms with Gasteiger partial charge in [0.15, 0.2) is 17.2 Å². The Morgan fingerprint density at radius 3 is 2.35 bits per heavy atom. The second-order valence-corrected chi connectivity index (χ2v) is 11.4. The zero-order valence-electron chi connectivity index (χ0n) is 21.1. The zero-order chi connectivity index (χ0) is 26.1. The predicted molar refractivity (Wildman–Crippen MR) is 141 cm³/mol. The Morgan fingerprint density at radius 2 is 1.76 bits per heavy atom. The van der Waals surface area contributed by atoms with Gasteiger partial charge in [0, 0.05) is 22.9 Å². The monoisotopic (exact) mass is 554 g/mol. The van der Waals surface area contributed by atoms with E-state index in [9.17, 15) is 19.8 Å². The number of alkyl halides is 2. The molecule has 1 saturated heterocycles. The average Bonchev–Trinajstić information content (AvgIpc) is 2.74. The number of hydrogen-bond acceptors (Lipinski definition) is 5. The minimum Gasteiger partial charge on any atom is -0.508 e. The number of hydrogen-bond donors (Lipinski definition) is 2. The van der Waals surface area contributed by atoms with Crippen molar-refractivity contribution in [1.29, 1.82) is 0 Å². The molecule has 0 aromatic heterocycles. The third kappa shape index (κ3) is 5.00. The number of ether oxygens (including phenoxy) is 1. The van der Waals surface area contributed by atoms with Crippen molar-refractivity contribution in [3.63, 3.8) is 0 Å². The van der Waals surface area contributed by atoms with Gasteiger partial charge in [-0.05, 0) is 59.9 Å². The Bertz CT molecular complexity index is 1020. The van der Waals surface area contributed by atoms with Gasteiger partial charge < -0.3 is 14.9 Å². The Morgan fingerprint density at radius 1 is 1.15 bits per heavy atom. The van der Waals surface area contributed by atoms with Crippen LogP contribution in [0.25, 0.3) is 0 Å². The van der Waals surface area contributed by atoms with Crippen LogP contribution in [0.3, 0.4) is 0 Å². The molecule has 2 N–H and O–H groups in total. The molecule has 1 heterocycles. The van der Waals surface area contributed by atoms with Crippen LogP contribution in [0.1, 0.15) is 94.9 Å². The summed E-state index contributed by atoms with van der Waals surface area (Å²) in [5.74, 6) is -1.84. The highest BCUT2D eigenvalue weighted by molar-refractivity contribution is 9.09. The van der Waals surface area contributed by atoms with Crippen molar-refractivity contribution in [2.24, 2.45) is 0 Å². The number of ketones is 2. The standard InChI is InChI=1S/C25H30BrClO5.C2H6/c1-14(2)7-6-8-15(3)9-10-25-21(30)17-11-16(28)12-18(29)20(17)22(31)24(25,27)13-19(26)23(4,5)32-25;1-2/h7,9,11-12,19,28-29H,6,8,10,13H2,1-5H3;1-2H3/b15-9+;/t19-,24+,25+;/m1./s1. The van der Waals surface area contributed by atoms with Gasteiger partial charge in [-0.2, -0.15) is 0 Å². The van der Waals surface area contributed by atoms with E-state index < -0.39 is 33.4 Å². The van der Waals surface area contributed by atoms with E-state index in [-0.39, 0.29) is 34.5 Å². The van der Waals surface area contributed by atoms with E-state index in [4.69, 9.17) is 16.3 Å². The quantitative estimate of drug-likeness (QED) is 0.295. The highest BCUT2D eigenvalue weighted by Gasteiger charge is 2.69. The zero-order valence-corrected chi connectivity index (χ0v) is 23.4. The molecular formula is C27H36BrClO5. The van der Waals surface area contributed by atoms with Crippen LogP contribution in [0.4, 0.5) is 0 Å². The number of carbonyl (C=O) groups is 2. The lowest BCUT2D eigenvalue weighted by Gasteiger charge is -2.56. The fourth-order valence-corrected chi connectivity index (χ4v) is 5.72. The molecular weight excluding hydrogens is 520 g/mol. The van der Waals surface area contributed by atoms with Crippen LogP contribution in [0, 0.1) is 0 Å². The third-order valence-corrected chi connectivity index (χ3v) is 8.48. The van der Waals surface area contributed by atoms with E-state index in [0.29, 0.717) is 0 Å². The molecule has 1 aliphatic heterocycles. The largest absolute Gasteiger partial charge is 0.508 e. The first-order valence-electron chi connectivity index (χ1n) is 11.7. The molecule has 0 saturated carbocycles. The summed E-state index contributed by atoms with van der Waals surface area (Å²) in [5, 5.41) is 20.4. The van der Waals surface area contributed by atoms with Crippen LogP contribution >= 0.6 is 27.5 Å². The lowest BCUT2D eigenvalue weighted by Crippen LogP contribution is -2.72. The smallest absolute Gasteiger partial charge is 0.198 e. The van der Waals surface area contributed by atoms with Gasteiger partial charge in [0.25, 0.3) is 0 Å². The first-order chi connectivity index (χ1) is 15.7. The van der Waals surface area contributed by atoms with Gasteiger partial charge in [-0.25, -0.2) is 0 Å². The number of halogens is 2. The fourth-order valence-electron chi connectivity index (χ4n) is 4.50. The Labute approximate surface area is 216 Å². The molecule has 1 fully saturated rings. The molecule has 7 heteroatoms. The number of phenols is 2. The van der Waals surface area contributed by atoms with Gasteiger partial charge in [0.1, 0.15) is 16.4 Å². The first-order valence-corrected chi connectivity index (χ1v) is 13.0. The number of phenolic OH excluding ortho intramolecular Hbond substituents is 2. The summed E-state index contributed by atoms with van der Waals surface area (Å²) < 4.78 is 6.42. The summed E-state index contributed by atoms with van der Waals surface area (Å²) in [6.45, 7) is 13.8. The summed E-state index contributed by atoms with van der Waals surface area (Å²) in [7, 11) is 0. The molecule has 0 amide bonds. The van der Waals surface area contributed by atoms with Gasteiger partial charge in [0.05, 0.1) is 11.2 Å². The van der Waals surface area contributed by atoms with E-state index in [2.05, 4.69) is 22.0 Å². The molecule has 188 valence electrons. The minimum atomic E-state index is -1.70. The van der Waals surface area contributed by atoms with Crippen molar-refractivity contribution in [3.8, 4) is 11.5 Å². The Balaban J connectivity index is 0.00000199. The molecule has 0 spiro atoms. The van der Waals surface area contributed by atoms with Crippen molar-refractivity contribution in [3.05, 3.63) is 46.6 Å². The number of rotatable bonds is 5. The number of fused-ring (bicyclic) bond motifs is 2. The topological polar surface area (TPSA) is 83.8 Å². The third-order valence-electron chi connectivity index (χ3n) is 6.42. The van der Waals surface area contributed by atoms with Crippen molar-refractivity contribution >= 4 is 39.1 Å². The second kappa shape index (κ2) is 10.5. The fraction of sp³-hybridized carbons (Fsp3) is 0.556. The molecule has 34 heavy (non-hydrogen) atoms. The summed E-state index contributed by atoms with van der Waals surface area (Å²) >= 11 is 10.6. The summed E-state index contributed by atoms with van der Waals surface area (Å²) in [4.78, 5) is 25.6. The Kier molecular flexibility index (Phi) is 8.88. The first kappa shape index (κ1) is 28.6. The predicted octanol–water partition coefficient (Wildman–Crippen LogP) is 7.26. The van der Waals surface area contributed by atoms with E-state index in [1.54, 1.807) is 0 Å². The summed E-state index contributed by atoms with van der Waals surface area (Å²) in [5.41, 5.74) is -0.378. The minimum absolute atomic E-state index is 0.0665. The van der Waals surface area contributed by atoms with Gasteiger partial charge >= 0.3 is 0 Å². The van der Waals surface area contributed by atoms with Gasteiger partial charge in [-0.1, -0.05) is 53.1 Å². The van der Waals surface area contributed by atoms with Crippen molar-refractivity contribution < 1.29 is 24.5 Å². The second-order valence-electron chi connectivity index (χ2n) is 9.63. The van der Waals surface area contributed by atoms with Crippen LogP contribution in [0.2, 0.25) is 0 Å². The molecule has 5 nitrogen and oxygen atoms in total. The normalized spacial score (nSPS) is 27.8.